The normalized spacial score (nSPS) is 11.7. The van der Waals surface area contributed by atoms with Crippen LogP contribution >= 0.6 is 0 Å². The zero-order chi connectivity index (χ0) is 14.1. The summed E-state index contributed by atoms with van der Waals surface area (Å²) in [6.07, 6.45) is 1.47. The third-order valence-electron chi connectivity index (χ3n) is 2.19. The Hall–Kier alpha value is -1.83. The van der Waals surface area contributed by atoms with Crippen molar-refractivity contribution in [1.29, 1.82) is 0 Å². The molecular formula is C10H19N3O5. The largest absolute Gasteiger partial charge is 0.480 e. The van der Waals surface area contributed by atoms with E-state index in [-0.39, 0.29) is 6.54 Å². The number of hydrogen-bond acceptors (Lipinski definition) is 4. The van der Waals surface area contributed by atoms with Gasteiger partial charge in [-0.05, 0) is 6.42 Å². The first-order valence-electron chi connectivity index (χ1n) is 5.59. The molecule has 0 spiro atoms. The van der Waals surface area contributed by atoms with Crippen molar-refractivity contribution in [2.45, 2.75) is 25.8 Å². The van der Waals surface area contributed by atoms with Crippen LogP contribution in [-0.4, -0.2) is 58.8 Å². The number of hydrogen-bond donors (Lipinski definition) is 4. The fourth-order valence-electron chi connectivity index (χ4n) is 1.22. The highest BCUT2D eigenvalue weighted by molar-refractivity contribution is 5.86. The Labute approximate surface area is 105 Å². The van der Waals surface area contributed by atoms with E-state index in [2.05, 4.69) is 5.32 Å². The van der Waals surface area contributed by atoms with Crippen LogP contribution in [0, 0.1) is 0 Å². The van der Waals surface area contributed by atoms with Gasteiger partial charge in [0.25, 0.3) is 0 Å². The number of nitrogens with two attached hydrogens (primary N) is 1. The summed E-state index contributed by atoms with van der Waals surface area (Å²) in [6, 6.07) is -2.13. The quantitative estimate of drug-likeness (QED) is 0.432. The van der Waals surface area contributed by atoms with Crippen LogP contribution in [0.2, 0.25) is 0 Å². The number of primary amides is 1. The molecule has 0 aliphatic carbocycles. The lowest BCUT2D eigenvalue weighted by Gasteiger charge is -2.23. The molecule has 0 rings (SSSR count). The second-order valence-corrected chi connectivity index (χ2v) is 3.76. The van der Waals surface area contributed by atoms with Gasteiger partial charge in [-0.15, -0.1) is 0 Å². The fraction of sp³-hybridized carbons (Fsp3) is 0.700. The number of rotatable bonds is 8. The molecule has 0 bridgehead atoms. The van der Waals surface area contributed by atoms with Gasteiger partial charge in [-0.3, -0.25) is 4.79 Å². The van der Waals surface area contributed by atoms with Crippen LogP contribution in [0.15, 0.2) is 0 Å². The van der Waals surface area contributed by atoms with Crippen molar-refractivity contribution < 1.29 is 24.6 Å². The molecule has 1 atom stereocenters. The number of unbranched alkanes of at least 4 members (excludes halogenated alkanes) is 1. The SMILES string of the molecule is CCCCN(CC(N)=O)C(=O)NC(CO)C(=O)O. The van der Waals surface area contributed by atoms with E-state index < -0.39 is 30.6 Å². The van der Waals surface area contributed by atoms with Gasteiger partial charge in [0.1, 0.15) is 6.54 Å². The Morgan fingerprint density at radius 3 is 2.39 bits per heavy atom. The minimum Gasteiger partial charge on any atom is -0.480 e. The average Bonchev–Trinajstić information content (AvgIpc) is 2.30. The summed E-state index contributed by atoms with van der Waals surface area (Å²) in [7, 11) is 0. The van der Waals surface area contributed by atoms with Gasteiger partial charge >= 0.3 is 12.0 Å². The third-order valence-corrected chi connectivity index (χ3v) is 2.19. The number of carbonyl (C=O) groups is 3. The van der Waals surface area contributed by atoms with Crippen LogP contribution < -0.4 is 11.1 Å². The van der Waals surface area contributed by atoms with Gasteiger partial charge in [0, 0.05) is 6.54 Å². The predicted molar refractivity (Wildman–Crippen MR) is 62.7 cm³/mol. The average molecular weight is 261 g/mol. The molecule has 0 saturated carbocycles. The molecule has 0 radical (unpaired) electrons. The Balaban J connectivity index is 4.52. The first-order chi connectivity index (χ1) is 8.42. The van der Waals surface area contributed by atoms with E-state index in [9.17, 15) is 14.4 Å². The van der Waals surface area contributed by atoms with Gasteiger partial charge in [-0.1, -0.05) is 13.3 Å². The second kappa shape index (κ2) is 8.29. The number of aliphatic carboxylic acids is 1. The minimum absolute atomic E-state index is 0.288. The van der Waals surface area contributed by atoms with Crippen molar-refractivity contribution in [3.8, 4) is 0 Å². The molecule has 0 aliphatic rings. The number of nitrogens with zero attached hydrogens (tertiary/aromatic N) is 1. The molecule has 1 unspecified atom stereocenters. The molecule has 3 amide bonds. The van der Waals surface area contributed by atoms with Crippen molar-refractivity contribution in [3.63, 3.8) is 0 Å². The van der Waals surface area contributed by atoms with Crippen molar-refractivity contribution in [3.05, 3.63) is 0 Å². The van der Waals surface area contributed by atoms with Crippen LogP contribution in [0.3, 0.4) is 0 Å². The molecule has 18 heavy (non-hydrogen) atoms. The number of carbonyl (C=O) groups excluding carboxylic acids is 2. The van der Waals surface area contributed by atoms with Crippen molar-refractivity contribution in [1.82, 2.24) is 10.2 Å². The maximum Gasteiger partial charge on any atom is 0.328 e. The molecule has 0 aromatic rings. The van der Waals surface area contributed by atoms with Gasteiger partial charge in [-0.2, -0.15) is 0 Å². The topological polar surface area (TPSA) is 133 Å². The van der Waals surface area contributed by atoms with E-state index >= 15 is 0 Å². The molecule has 0 aromatic carbocycles. The molecule has 8 heteroatoms. The lowest BCUT2D eigenvalue weighted by Crippen LogP contribution is -2.51. The van der Waals surface area contributed by atoms with E-state index in [4.69, 9.17) is 15.9 Å². The van der Waals surface area contributed by atoms with Gasteiger partial charge in [0.05, 0.1) is 6.61 Å². The first kappa shape index (κ1) is 16.2. The number of nitrogens with one attached hydrogen (secondary N) is 1. The third kappa shape index (κ3) is 6.04. The van der Waals surface area contributed by atoms with Crippen molar-refractivity contribution in [2.24, 2.45) is 5.73 Å². The lowest BCUT2D eigenvalue weighted by molar-refractivity contribution is -0.140. The summed E-state index contributed by atoms with van der Waals surface area (Å²) >= 11 is 0. The molecule has 0 heterocycles. The monoisotopic (exact) mass is 261 g/mol. The van der Waals surface area contributed by atoms with Gasteiger partial charge in [0.15, 0.2) is 6.04 Å². The number of aliphatic hydroxyl groups excluding tert-OH is 1. The van der Waals surface area contributed by atoms with Crippen LogP contribution in [0.1, 0.15) is 19.8 Å². The minimum atomic E-state index is -1.39. The van der Waals surface area contributed by atoms with Gasteiger partial charge < -0.3 is 26.2 Å². The van der Waals surface area contributed by atoms with Gasteiger partial charge in [0.2, 0.25) is 5.91 Å². The Bertz CT molecular complexity index is 308. The molecule has 0 aromatic heterocycles. The highest BCUT2D eigenvalue weighted by atomic mass is 16.4. The highest BCUT2D eigenvalue weighted by Gasteiger charge is 2.22. The number of amides is 3. The van der Waals surface area contributed by atoms with Crippen LogP contribution in [0.5, 0.6) is 0 Å². The van der Waals surface area contributed by atoms with Crippen molar-refractivity contribution in [2.75, 3.05) is 19.7 Å². The molecule has 104 valence electrons. The Kier molecular flexibility index (Phi) is 7.45. The molecule has 0 aliphatic heterocycles. The van der Waals surface area contributed by atoms with E-state index in [0.29, 0.717) is 13.0 Å². The summed E-state index contributed by atoms with van der Waals surface area (Å²) in [6.45, 7) is 1.19. The summed E-state index contributed by atoms with van der Waals surface area (Å²) in [5, 5.41) is 19.6. The smallest absolute Gasteiger partial charge is 0.328 e. The maximum atomic E-state index is 11.7. The molecule has 0 fully saturated rings. The predicted octanol–water partition coefficient (Wildman–Crippen LogP) is -1.27. The first-order valence-corrected chi connectivity index (χ1v) is 5.59. The Morgan fingerprint density at radius 2 is 2.00 bits per heavy atom. The van der Waals surface area contributed by atoms with Crippen LogP contribution in [0.25, 0.3) is 0 Å². The van der Waals surface area contributed by atoms with Gasteiger partial charge in [-0.25, -0.2) is 9.59 Å². The molecular weight excluding hydrogens is 242 g/mol. The summed E-state index contributed by atoms with van der Waals surface area (Å²) in [4.78, 5) is 34.3. The zero-order valence-electron chi connectivity index (χ0n) is 10.3. The van der Waals surface area contributed by atoms with E-state index in [1.807, 2.05) is 6.92 Å². The molecule has 8 nitrogen and oxygen atoms in total. The Morgan fingerprint density at radius 1 is 1.39 bits per heavy atom. The fourth-order valence-corrected chi connectivity index (χ4v) is 1.22. The number of carboxylic acid groups (broad SMARTS) is 1. The standard InChI is InChI=1S/C10H19N3O5/c1-2-3-4-13(5-8(11)15)10(18)12-7(6-14)9(16)17/h7,14H,2-6H2,1H3,(H2,11,15)(H,12,18)(H,16,17). The summed E-state index contributed by atoms with van der Waals surface area (Å²) in [5.74, 6) is -2.03. The number of carboxylic acids is 1. The van der Waals surface area contributed by atoms with E-state index in [1.165, 1.54) is 0 Å². The number of aliphatic hydroxyl groups is 1. The van der Waals surface area contributed by atoms with Crippen LogP contribution in [0.4, 0.5) is 4.79 Å². The molecule has 0 saturated heterocycles. The molecule has 5 N–H and O–H groups in total. The van der Waals surface area contributed by atoms with Crippen molar-refractivity contribution >= 4 is 17.9 Å². The lowest BCUT2D eigenvalue weighted by atomic mass is 10.3. The second-order valence-electron chi connectivity index (χ2n) is 3.76. The van der Waals surface area contributed by atoms with E-state index in [1.54, 1.807) is 0 Å². The highest BCUT2D eigenvalue weighted by Crippen LogP contribution is 1.97. The zero-order valence-corrected chi connectivity index (χ0v) is 10.3. The van der Waals surface area contributed by atoms with Crippen LogP contribution in [-0.2, 0) is 9.59 Å². The number of urea groups is 1. The van der Waals surface area contributed by atoms with E-state index in [0.717, 1.165) is 11.3 Å². The summed E-state index contributed by atoms with van der Waals surface area (Å²) in [5.41, 5.74) is 5.00. The maximum absolute atomic E-state index is 11.7. The summed E-state index contributed by atoms with van der Waals surface area (Å²) < 4.78 is 0.